The topological polar surface area (TPSA) is 91.3 Å². The summed E-state index contributed by atoms with van der Waals surface area (Å²) < 4.78 is 0. The number of carboxylic acid groups (broad SMARTS) is 1. The van der Waals surface area contributed by atoms with Crippen molar-refractivity contribution < 1.29 is 14.7 Å². The lowest BCUT2D eigenvalue weighted by Gasteiger charge is -1.92. The van der Waals surface area contributed by atoms with Gasteiger partial charge in [-0.3, -0.25) is 10.1 Å². The van der Waals surface area contributed by atoms with E-state index < -0.39 is 6.09 Å². The first kappa shape index (κ1) is 9.46. The molecule has 0 aliphatic rings. The second kappa shape index (κ2) is 3.85. The van der Waals surface area contributed by atoms with E-state index in [0.717, 1.165) is 11.3 Å². The molecule has 0 aliphatic heterocycles. The number of aromatic nitrogens is 1. The molecular formula is C6H7N3O3S. The maximum atomic E-state index is 11.0. The first-order valence-electron chi connectivity index (χ1n) is 3.31. The number of nitrogens with zero attached hydrogens (tertiary/aromatic N) is 1. The number of hydrogen-bond acceptors (Lipinski definition) is 4. The highest BCUT2D eigenvalue weighted by atomic mass is 32.1. The minimum atomic E-state index is -1.20. The Morgan fingerprint density at radius 3 is 2.85 bits per heavy atom. The number of anilines is 1. The largest absolute Gasteiger partial charge is 0.465 e. The van der Waals surface area contributed by atoms with Gasteiger partial charge < -0.3 is 10.4 Å². The second-order valence-electron chi connectivity index (χ2n) is 2.04. The van der Waals surface area contributed by atoms with Crippen molar-refractivity contribution >= 4 is 28.5 Å². The molecule has 13 heavy (non-hydrogen) atoms. The van der Waals surface area contributed by atoms with Gasteiger partial charge >= 0.3 is 6.09 Å². The Kier molecular flexibility index (Phi) is 2.80. The Morgan fingerprint density at radius 1 is 1.62 bits per heavy atom. The Bertz CT molecular complexity index is 336. The highest BCUT2D eigenvalue weighted by molar-refractivity contribution is 7.17. The highest BCUT2D eigenvalue weighted by Crippen LogP contribution is 2.17. The van der Waals surface area contributed by atoms with Crippen LogP contribution < -0.4 is 10.6 Å². The van der Waals surface area contributed by atoms with Crippen molar-refractivity contribution in [2.24, 2.45) is 0 Å². The molecule has 6 nitrogen and oxygen atoms in total. The van der Waals surface area contributed by atoms with Gasteiger partial charge in [0.1, 0.15) is 4.88 Å². The van der Waals surface area contributed by atoms with Crippen molar-refractivity contribution in [3.8, 4) is 0 Å². The molecule has 0 saturated heterocycles. The van der Waals surface area contributed by atoms with Gasteiger partial charge in [-0.05, 0) is 0 Å². The van der Waals surface area contributed by atoms with E-state index in [9.17, 15) is 9.59 Å². The fraction of sp³-hybridized carbons (Fsp3) is 0.167. The molecule has 1 aromatic rings. The van der Waals surface area contributed by atoms with Crippen LogP contribution in [0.3, 0.4) is 0 Å². The van der Waals surface area contributed by atoms with Gasteiger partial charge in [0, 0.05) is 7.05 Å². The molecular weight excluding hydrogens is 194 g/mol. The first-order chi connectivity index (χ1) is 6.13. The van der Waals surface area contributed by atoms with Crippen molar-refractivity contribution in [2.75, 3.05) is 12.4 Å². The summed E-state index contributed by atoms with van der Waals surface area (Å²) in [5.41, 5.74) is 0. The molecule has 7 heteroatoms. The van der Waals surface area contributed by atoms with Gasteiger partial charge in [0.15, 0.2) is 5.13 Å². The van der Waals surface area contributed by atoms with Crippen molar-refractivity contribution in [3.05, 3.63) is 11.1 Å². The molecule has 0 spiro atoms. The fourth-order valence-electron chi connectivity index (χ4n) is 0.652. The first-order valence-corrected chi connectivity index (χ1v) is 4.13. The minimum Gasteiger partial charge on any atom is -0.465 e. The number of nitrogens with one attached hydrogen (secondary N) is 2. The summed E-state index contributed by atoms with van der Waals surface area (Å²) >= 11 is 0.979. The average molecular weight is 201 g/mol. The van der Waals surface area contributed by atoms with Crippen molar-refractivity contribution in [2.45, 2.75) is 0 Å². The number of amides is 2. The lowest BCUT2D eigenvalue weighted by Crippen LogP contribution is -2.16. The smallest absolute Gasteiger partial charge is 0.410 e. The quantitative estimate of drug-likeness (QED) is 0.653. The van der Waals surface area contributed by atoms with Crippen LogP contribution in [0.25, 0.3) is 0 Å². The molecule has 1 rings (SSSR count). The molecule has 0 fully saturated rings. The third-order valence-electron chi connectivity index (χ3n) is 1.17. The van der Waals surface area contributed by atoms with Gasteiger partial charge in [0.2, 0.25) is 0 Å². The lowest BCUT2D eigenvalue weighted by atomic mass is 10.5. The average Bonchev–Trinajstić information content (AvgIpc) is 2.50. The zero-order valence-electron chi connectivity index (χ0n) is 6.70. The van der Waals surface area contributed by atoms with Crippen LogP contribution in [0.4, 0.5) is 9.93 Å². The van der Waals surface area contributed by atoms with Gasteiger partial charge in [-0.1, -0.05) is 11.3 Å². The Morgan fingerprint density at radius 2 is 2.31 bits per heavy atom. The number of carbonyl (C=O) groups is 2. The third kappa shape index (κ3) is 2.41. The van der Waals surface area contributed by atoms with E-state index in [-0.39, 0.29) is 11.0 Å². The Labute approximate surface area is 77.6 Å². The molecule has 0 bridgehead atoms. The van der Waals surface area contributed by atoms with Gasteiger partial charge in [-0.25, -0.2) is 9.78 Å². The van der Waals surface area contributed by atoms with Crippen molar-refractivity contribution in [1.82, 2.24) is 10.3 Å². The van der Waals surface area contributed by atoms with Gasteiger partial charge in [-0.15, -0.1) is 0 Å². The number of rotatable bonds is 2. The van der Waals surface area contributed by atoms with Crippen LogP contribution in [0.1, 0.15) is 9.67 Å². The molecule has 1 heterocycles. The zero-order valence-corrected chi connectivity index (χ0v) is 7.51. The second-order valence-corrected chi connectivity index (χ2v) is 3.07. The normalized spacial score (nSPS) is 9.31. The van der Waals surface area contributed by atoms with Crippen LogP contribution in [-0.2, 0) is 0 Å². The van der Waals surface area contributed by atoms with Crippen LogP contribution in [0.2, 0.25) is 0 Å². The van der Waals surface area contributed by atoms with Crippen LogP contribution in [0.5, 0.6) is 0 Å². The lowest BCUT2D eigenvalue weighted by molar-refractivity contribution is 0.0967. The molecule has 0 saturated carbocycles. The monoisotopic (exact) mass is 201 g/mol. The summed E-state index contributed by atoms with van der Waals surface area (Å²) in [6, 6.07) is 0. The number of thiazole rings is 1. The van der Waals surface area contributed by atoms with E-state index in [2.05, 4.69) is 10.3 Å². The minimum absolute atomic E-state index is 0.186. The number of carbonyl (C=O) groups excluding carboxylic acids is 1. The summed E-state index contributed by atoms with van der Waals surface area (Å²) in [5, 5.41) is 13.0. The molecule has 70 valence electrons. The maximum absolute atomic E-state index is 11.0. The number of hydrogen-bond donors (Lipinski definition) is 3. The van der Waals surface area contributed by atoms with E-state index in [1.807, 2.05) is 5.32 Å². The molecule has 0 atom stereocenters. The van der Waals surface area contributed by atoms with Gasteiger partial charge in [-0.2, -0.15) is 0 Å². The van der Waals surface area contributed by atoms with E-state index >= 15 is 0 Å². The molecule has 0 unspecified atom stereocenters. The Balaban J connectivity index is 2.74. The molecule has 1 aromatic heterocycles. The molecule has 0 radical (unpaired) electrons. The van der Waals surface area contributed by atoms with E-state index in [1.165, 1.54) is 13.2 Å². The fourth-order valence-corrected chi connectivity index (χ4v) is 1.40. The van der Waals surface area contributed by atoms with Gasteiger partial charge in [0.25, 0.3) is 5.91 Å². The van der Waals surface area contributed by atoms with Crippen LogP contribution in [-0.4, -0.2) is 29.1 Å². The van der Waals surface area contributed by atoms with Gasteiger partial charge in [0.05, 0.1) is 6.20 Å². The summed E-state index contributed by atoms with van der Waals surface area (Å²) in [6.07, 6.45) is 0.118. The summed E-state index contributed by atoms with van der Waals surface area (Å²) in [5.74, 6) is -0.282. The predicted molar refractivity (Wildman–Crippen MR) is 47.2 cm³/mol. The molecule has 3 N–H and O–H groups in total. The molecule has 2 amide bonds. The summed E-state index contributed by atoms with van der Waals surface area (Å²) in [6.45, 7) is 0. The third-order valence-corrected chi connectivity index (χ3v) is 2.08. The summed E-state index contributed by atoms with van der Waals surface area (Å²) in [4.78, 5) is 25.2. The van der Waals surface area contributed by atoms with Crippen LogP contribution in [0, 0.1) is 0 Å². The summed E-state index contributed by atoms with van der Waals surface area (Å²) in [7, 11) is 1.49. The van der Waals surface area contributed by atoms with Crippen LogP contribution >= 0.6 is 11.3 Å². The predicted octanol–water partition coefficient (Wildman–Crippen LogP) is 0.593. The van der Waals surface area contributed by atoms with E-state index in [0.29, 0.717) is 4.88 Å². The van der Waals surface area contributed by atoms with Crippen molar-refractivity contribution in [1.29, 1.82) is 0 Å². The van der Waals surface area contributed by atoms with E-state index in [1.54, 1.807) is 0 Å². The molecule has 0 aromatic carbocycles. The van der Waals surface area contributed by atoms with Crippen LogP contribution in [0.15, 0.2) is 6.20 Å². The highest BCUT2D eigenvalue weighted by Gasteiger charge is 2.09. The maximum Gasteiger partial charge on any atom is 0.410 e. The SMILES string of the molecule is CNC(=O)c1cnc(NC(=O)O)s1. The molecule has 0 aliphatic carbocycles. The standard InChI is InChI=1S/C6H7N3O3S/c1-7-4(10)3-2-8-5(13-3)9-6(11)12/h2H,1H3,(H,7,10)(H,8,9)(H,11,12). The Hall–Kier alpha value is -1.63. The van der Waals surface area contributed by atoms with Crippen molar-refractivity contribution in [3.63, 3.8) is 0 Å². The van der Waals surface area contributed by atoms with E-state index in [4.69, 9.17) is 5.11 Å². The zero-order chi connectivity index (χ0) is 9.84.